The van der Waals surface area contributed by atoms with Crippen LogP contribution in [0.5, 0.6) is 0 Å². The van der Waals surface area contributed by atoms with Crippen LogP contribution in [0.3, 0.4) is 0 Å². The number of hydrogen-bond acceptors (Lipinski definition) is 5. The van der Waals surface area contributed by atoms with Gasteiger partial charge >= 0.3 is 0 Å². The van der Waals surface area contributed by atoms with E-state index >= 15 is 0 Å². The standard InChI is InChI=1S/C14H27N3O3/c1-13(2)11-17(8-9-20-13)7-6-16-12(18)14(19)4-3-5-15-10-14/h15,19H,3-11H2,1-2H3,(H,16,18). The zero-order valence-electron chi connectivity index (χ0n) is 12.6. The first-order valence-electron chi connectivity index (χ1n) is 7.49. The number of hydrogen-bond donors (Lipinski definition) is 3. The molecule has 1 atom stereocenters. The van der Waals surface area contributed by atoms with Crippen LogP contribution in [0.2, 0.25) is 0 Å². The molecule has 1 unspecified atom stereocenters. The van der Waals surface area contributed by atoms with Gasteiger partial charge in [-0.15, -0.1) is 0 Å². The molecule has 6 heteroatoms. The van der Waals surface area contributed by atoms with E-state index in [-0.39, 0.29) is 11.5 Å². The smallest absolute Gasteiger partial charge is 0.253 e. The summed E-state index contributed by atoms with van der Waals surface area (Å²) >= 11 is 0. The van der Waals surface area contributed by atoms with Crippen LogP contribution in [0.4, 0.5) is 0 Å². The third-order valence-corrected chi connectivity index (χ3v) is 4.00. The Morgan fingerprint density at radius 3 is 2.95 bits per heavy atom. The molecule has 2 fully saturated rings. The molecule has 2 rings (SSSR count). The molecule has 2 saturated heterocycles. The number of nitrogens with one attached hydrogen (secondary N) is 2. The maximum Gasteiger partial charge on any atom is 0.253 e. The van der Waals surface area contributed by atoms with Crippen molar-refractivity contribution in [3.05, 3.63) is 0 Å². The van der Waals surface area contributed by atoms with Crippen LogP contribution >= 0.6 is 0 Å². The molecule has 6 nitrogen and oxygen atoms in total. The van der Waals surface area contributed by atoms with E-state index in [1.807, 2.05) is 0 Å². The van der Waals surface area contributed by atoms with E-state index in [0.29, 0.717) is 19.5 Å². The Morgan fingerprint density at radius 2 is 2.30 bits per heavy atom. The quantitative estimate of drug-likeness (QED) is 0.639. The van der Waals surface area contributed by atoms with Crippen LogP contribution in [0.25, 0.3) is 0 Å². The lowest BCUT2D eigenvalue weighted by Crippen LogP contribution is -2.57. The Bertz CT molecular complexity index is 341. The summed E-state index contributed by atoms with van der Waals surface area (Å²) in [6.07, 6.45) is 1.37. The minimum Gasteiger partial charge on any atom is -0.379 e. The number of rotatable bonds is 4. The van der Waals surface area contributed by atoms with Gasteiger partial charge in [-0.3, -0.25) is 9.69 Å². The highest BCUT2D eigenvalue weighted by Gasteiger charge is 2.37. The molecule has 0 aromatic heterocycles. The Kier molecular flexibility index (Phi) is 5.01. The number of carbonyl (C=O) groups excluding carboxylic acids is 1. The number of morpholine rings is 1. The second-order valence-corrected chi connectivity index (χ2v) is 6.45. The van der Waals surface area contributed by atoms with Crippen molar-refractivity contribution in [3.8, 4) is 0 Å². The third-order valence-electron chi connectivity index (χ3n) is 4.00. The minimum absolute atomic E-state index is 0.117. The van der Waals surface area contributed by atoms with Crippen molar-refractivity contribution in [1.29, 1.82) is 0 Å². The summed E-state index contributed by atoms with van der Waals surface area (Å²) in [6, 6.07) is 0. The molecule has 1 amide bonds. The molecule has 0 aromatic rings. The van der Waals surface area contributed by atoms with Crippen molar-refractivity contribution < 1.29 is 14.6 Å². The van der Waals surface area contributed by atoms with Crippen molar-refractivity contribution >= 4 is 5.91 Å². The van der Waals surface area contributed by atoms with E-state index < -0.39 is 5.60 Å². The van der Waals surface area contributed by atoms with Crippen molar-refractivity contribution in [3.63, 3.8) is 0 Å². The molecule has 2 heterocycles. The van der Waals surface area contributed by atoms with Gasteiger partial charge in [-0.2, -0.15) is 0 Å². The molecule has 116 valence electrons. The minimum atomic E-state index is -1.23. The number of ether oxygens (including phenoxy) is 1. The number of amides is 1. The summed E-state index contributed by atoms with van der Waals surface area (Å²) in [4.78, 5) is 14.3. The highest BCUT2D eigenvalue weighted by Crippen LogP contribution is 2.17. The highest BCUT2D eigenvalue weighted by molar-refractivity contribution is 5.85. The van der Waals surface area contributed by atoms with Gasteiger partial charge in [0.1, 0.15) is 0 Å². The predicted molar refractivity (Wildman–Crippen MR) is 76.5 cm³/mol. The number of β-amino-alcohol motifs (C(OH)–C–C–N with tert-alkyl or cyclic N) is 1. The largest absolute Gasteiger partial charge is 0.379 e. The molecule has 0 aromatic carbocycles. The second-order valence-electron chi connectivity index (χ2n) is 6.45. The predicted octanol–water partition coefficient (Wildman–Crippen LogP) is -0.672. The van der Waals surface area contributed by atoms with Crippen LogP contribution in [0.15, 0.2) is 0 Å². The van der Waals surface area contributed by atoms with Gasteiger partial charge in [-0.25, -0.2) is 0 Å². The fourth-order valence-corrected chi connectivity index (χ4v) is 2.88. The van der Waals surface area contributed by atoms with Crippen LogP contribution in [0, 0.1) is 0 Å². The monoisotopic (exact) mass is 285 g/mol. The highest BCUT2D eigenvalue weighted by atomic mass is 16.5. The van der Waals surface area contributed by atoms with Crippen molar-refractivity contribution in [2.24, 2.45) is 0 Å². The summed E-state index contributed by atoms with van der Waals surface area (Å²) in [6.45, 7) is 9.23. The van der Waals surface area contributed by atoms with Gasteiger partial charge in [-0.05, 0) is 33.2 Å². The first-order valence-corrected chi connectivity index (χ1v) is 7.49. The van der Waals surface area contributed by atoms with E-state index in [9.17, 15) is 9.90 Å². The first-order chi connectivity index (χ1) is 9.41. The van der Waals surface area contributed by atoms with E-state index in [2.05, 4.69) is 29.4 Å². The van der Waals surface area contributed by atoms with Gasteiger partial charge < -0.3 is 20.5 Å². The zero-order chi connectivity index (χ0) is 14.6. The Balaban J connectivity index is 1.71. The first kappa shape index (κ1) is 15.7. The van der Waals surface area contributed by atoms with Crippen LogP contribution in [0.1, 0.15) is 26.7 Å². The maximum atomic E-state index is 12.0. The van der Waals surface area contributed by atoms with Crippen molar-refractivity contribution in [1.82, 2.24) is 15.5 Å². The summed E-state index contributed by atoms with van der Waals surface area (Å²) < 4.78 is 5.66. The molecular formula is C14H27N3O3. The second kappa shape index (κ2) is 6.39. The zero-order valence-corrected chi connectivity index (χ0v) is 12.6. The molecule has 20 heavy (non-hydrogen) atoms. The van der Waals surface area contributed by atoms with Gasteiger partial charge in [0.25, 0.3) is 5.91 Å². The van der Waals surface area contributed by atoms with Gasteiger partial charge in [0.2, 0.25) is 0 Å². The lowest BCUT2D eigenvalue weighted by molar-refractivity contribution is -0.141. The number of nitrogens with zero attached hydrogens (tertiary/aromatic N) is 1. The summed E-state index contributed by atoms with van der Waals surface area (Å²) in [5.74, 6) is -0.253. The lowest BCUT2D eigenvalue weighted by atomic mass is 9.93. The summed E-state index contributed by atoms with van der Waals surface area (Å²) in [5.41, 5.74) is -1.35. The average Bonchev–Trinajstić information content (AvgIpc) is 2.38. The van der Waals surface area contributed by atoms with Crippen LogP contribution < -0.4 is 10.6 Å². The molecule has 0 spiro atoms. The molecule has 0 radical (unpaired) electrons. The molecular weight excluding hydrogens is 258 g/mol. The van der Waals surface area contributed by atoms with E-state index in [4.69, 9.17) is 4.74 Å². The fourth-order valence-electron chi connectivity index (χ4n) is 2.88. The lowest BCUT2D eigenvalue weighted by Gasteiger charge is -2.38. The normalized spacial score (nSPS) is 30.9. The van der Waals surface area contributed by atoms with E-state index in [1.165, 1.54) is 0 Å². The maximum absolute atomic E-state index is 12.0. The molecule has 0 saturated carbocycles. The fraction of sp³-hybridized carbons (Fsp3) is 0.929. The van der Waals surface area contributed by atoms with E-state index in [0.717, 1.165) is 39.2 Å². The van der Waals surface area contributed by atoms with Gasteiger partial charge in [0.15, 0.2) is 5.60 Å². The third kappa shape index (κ3) is 4.15. The Labute approximate surface area is 120 Å². The van der Waals surface area contributed by atoms with Crippen LogP contribution in [-0.2, 0) is 9.53 Å². The van der Waals surface area contributed by atoms with Gasteiger partial charge in [0, 0.05) is 32.7 Å². The van der Waals surface area contributed by atoms with E-state index in [1.54, 1.807) is 0 Å². The van der Waals surface area contributed by atoms with Crippen LogP contribution in [-0.4, -0.2) is 73.0 Å². The van der Waals surface area contributed by atoms with Crippen molar-refractivity contribution in [2.75, 3.05) is 45.9 Å². The molecule has 3 N–H and O–H groups in total. The summed E-state index contributed by atoms with van der Waals surface area (Å²) in [5, 5.41) is 16.2. The number of carbonyl (C=O) groups is 1. The van der Waals surface area contributed by atoms with Crippen molar-refractivity contribution in [2.45, 2.75) is 37.9 Å². The molecule has 2 aliphatic heterocycles. The number of aliphatic hydroxyl groups is 1. The average molecular weight is 285 g/mol. The summed E-state index contributed by atoms with van der Waals surface area (Å²) in [7, 11) is 0. The molecule has 0 aliphatic carbocycles. The molecule has 2 aliphatic rings. The topological polar surface area (TPSA) is 73.8 Å². The number of piperidine rings is 1. The van der Waals surface area contributed by atoms with Gasteiger partial charge in [-0.1, -0.05) is 0 Å². The SMILES string of the molecule is CC1(C)CN(CCNC(=O)C2(O)CCCNC2)CCO1. The Morgan fingerprint density at radius 1 is 1.50 bits per heavy atom. The van der Waals surface area contributed by atoms with Gasteiger partial charge in [0.05, 0.1) is 12.2 Å². The molecule has 0 bridgehead atoms. The Hall–Kier alpha value is -0.690.